The predicted molar refractivity (Wildman–Crippen MR) is 127 cm³/mol. The van der Waals surface area contributed by atoms with Crippen LogP contribution in [0.2, 0.25) is 5.15 Å². The van der Waals surface area contributed by atoms with E-state index in [0.717, 1.165) is 18.5 Å². The summed E-state index contributed by atoms with van der Waals surface area (Å²) in [6.07, 6.45) is 1.50. The quantitative estimate of drug-likeness (QED) is 0.721. The van der Waals surface area contributed by atoms with Gasteiger partial charge in [-0.05, 0) is 69.4 Å². The largest absolute Gasteiger partial charge is 0.444 e. The van der Waals surface area contributed by atoms with E-state index in [-0.39, 0.29) is 23.1 Å². The van der Waals surface area contributed by atoms with Gasteiger partial charge in [0.1, 0.15) is 5.60 Å². The van der Waals surface area contributed by atoms with Crippen LogP contribution in [0.25, 0.3) is 0 Å². The van der Waals surface area contributed by atoms with Gasteiger partial charge in [-0.25, -0.2) is 4.79 Å². The molecular weight excluding hydrogens is 442 g/mol. The summed E-state index contributed by atoms with van der Waals surface area (Å²) < 4.78 is 5.49. The first-order chi connectivity index (χ1) is 15.7. The highest BCUT2D eigenvalue weighted by molar-refractivity contribution is 6.29. The zero-order valence-electron chi connectivity index (χ0n) is 19.3. The molecule has 2 amide bonds. The van der Waals surface area contributed by atoms with Gasteiger partial charge >= 0.3 is 6.09 Å². The first-order valence-electron chi connectivity index (χ1n) is 11.3. The monoisotopic (exact) mass is 471 g/mol. The molecule has 0 atom stereocenters. The van der Waals surface area contributed by atoms with Gasteiger partial charge in [0, 0.05) is 26.2 Å². The zero-order valence-corrected chi connectivity index (χ0v) is 20.0. The lowest BCUT2D eigenvalue weighted by Gasteiger charge is -2.34. The topological polar surface area (TPSA) is 87.7 Å². The molecule has 33 heavy (non-hydrogen) atoms. The van der Waals surface area contributed by atoms with E-state index in [0.29, 0.717) is 37.9 Å². The molecule has 0 saturated carbocycles. The standard InChI is InChI=1S/C24H30ClN5O3/c1-24(2,3)33-23(32)29-12-10-17(11-13-29)16-4-6-19(7-5-16)30(22(31)18-14-26-15-18)21-9-8-20(25)27-28-21/h4-9,17-18,26H,10-15H2,1-3H3. The van der Waals surface area contributed by atoms with Crippen molar-refractivity contribution >= 4 is 35.1 Å². The lowest BCUT2D eigenvalue weighted by molar-refractivity contribution is -0.123. The minimum atomic E-state index is -0.489. The van der Waals surface area contributed by atoms with E-state index in [1.165, 1.54) is 5.56 Å². The molecule has 8 nitrogen and oxygen atoms in total. The van der Waals surface area contributed by atoms with E-state index in [9.17, 15) is 9.59 Å². The lowest BCUT2D eigenvalue weighted by atomic mass is 9.89. The molecule has 2 saturated heterocycles. The molecule has 3 heterocycles. The second-order valence-electron chi connectivity index (χ2n) is 9.58. The maximum Gasteiger partial charge on any atom is 0.410 e. The number of nitrogens with one attached hydrogen (secondary N) is 1. The van der Waals surface area contributed by atoms with E-state index in [1.807, 2.05) is 32.9 Å². The van der Waals surface area contributed by atoms with Gasteiger partial charge < -0.3 is 15.0 Å². The Labute approximate surface area is 199 Å². The number of likely N-dealkylation sites (tertiary alicyclic amines) is 1. The van der Waals surface area contributed by atoms with Crippen LogP contribution >= 0.6 is 11.6 Å². The van der Waals surface area contributed by atoms with Gasteiger partial charge in [0.15, 0.2) is 11.0 Å². The van der Waals surface area contributed by atoms with Crippen molar-refractivity contribution in [3.05, 3.63) is 47.1 Å². The minimum Gasteiger partial charge on any atom is -0.444 e. The number of nitrogens with zero attached hydrogens (tertiary/aromatic N) is 4. The molecule has 0 unspecified atom stereocenters. The van der Waals surface area contributed by atoms with Crippen LogP contribution in [-0.2, 0) is 9.53 Å². The van der Waals surface area contributed by atoms with Crippen LogP contribution in [0.1, 0.15) is 45.1 Å². The Hall–Kier alpha value is -2.71. The predicted octanol–water partition coefficient (Wildman–Crippen LogP) is 4.13. The minimum absolute atomic E-state index is 0.0104. The Bertz CT molecular complexity index is 979. The maximum absolute atomic E-state index is 13.1. The molecule has 0 aliphatic carbocycles. The number of aromatic nitrogens is 2. The third-order valence-corrected chi connectivity index (χ3v) is 6.17. The van der Waals surface area contributed by atoms with Crippen molar-refractivity contribution in [2.75, 3.05) is 31.1 Å². The number of amides is 2. The van der Waals surface area contributed by atoms with E-state index < -0.39 is 5.60 Å². The zero-order chi connectivity index (χ0) is 23.6. The molecule has 2 aromatic rings. The number of halogens is 1. The third-order valence-electron chi connectivity index (χ3n) is 5.97. The fourth-order valence-corrected chi connectivity index (χ4v) is 4.16. The highest BCUT2D eigenvalue weighted by atomic mass is 35.5. The average Bonchev–Trinajstić information content (AvgIpc) is 2.73. The molecular formula is C24H30ClN5O3. The molecule has 0 spiro atoms. The van der Waals surface area contributed by atoms with Crippen molar-refractivity contribution in [1.82, 2.24) is 20.4 Å². The number of hydrogen-bond acceptors (Lipinski definition) is 6. The number of piperidine rings is 1. The fraction of sp³-hybridized carbons (Fsp3) is 0.500. The van der Waals surface area contributed by atoms with E-state index in [1.54, 1.807) is 21.9 Å². The average molecular weight is 472 g/mol. The first kappa shape index (κ1) is 23.4. The van der Waals surface area contributed by atoms with E-state index in [4.69, 9.17) is 16.3 Å². The Balaban J connectivity index is 1.45. The van der Waals surface area contributed by atoms with Gasteiger partial charge in [0.25, 0.3) is 0 Å². The molecule has 1 N–H and O–H groups in total. The van der Waals surface area contributed by atoms with Crippen molar-refractivity contribution < 1.29 is 14.3 Å². The van der Waals surface area contributed by atoms with Crippen LogP contribution in [0.4, 0.5) is 16.3 Å². The summed E-state index contributed by atoms with van der Waals surface area (Å²) in [7, 11) is 0. The Morgan fingerprint density at radius 3 is 2.24 bits per heavy atom. The number of carbonyl (C=O) groups excluding carboxylic acids is 2. The summed E-state index contributed by atoms with van der Waals surface area (Å²) in [6, 6.07) is 11.4. The number of benzene rings is 1. The Morgan fingerprint density at radius 2 is 1.73 bits per heavy atom. The highest BCUT2D eigenvalue weighted by Crippen LogP contribution is 2.32. The lowest BCUT2D eigenvalue weighted by Crippen LogP contribution is -2.51. The van der Waals surface area contributed by atoms with Crippen LogP contribution < -0.4 is 10.2 Å². The molecule has 0 radical (unpaired) electrons. The smallest absolute Gasteiger partial charge is 0.410 e. The summed E-state index contributed by atoms with van der Waals surface area (Å²) in [4.78, 5) is 28.9. The number of anilines is 2. The van der Waals surface area contributed by atoms with Crippen LogP contribution in [0.15, 0.2) is 36.4 Å². The van der Waals surface area contributed by atoms with Crippen LogP contribution in [0.3, 0.4) is 0 Å². The fourth-order valence-electron chi connectivity index (χ4n) is 4.06. The number of carbonyl (C=O) groups is 2. The number of ether oxygens (including phenoxy) is 1. The number of hydrogen-bond donors (Lipinski definition) is 1. The molecule has 2 fully saturated rings. The van der Waals surface area contributed by atoms with Gasteiger partial charge in [-0.2, -0.15) is 0 Å². The van der Waals surface area contributed by atoms with Crippen molar-refractivity contribution in [3.63, 3.8) is 0 Å². The van der Waals surface area contributed by atoms with Crippen LogP contribution in [0, 0.1) is 5.92 Å². The second kappa shape index (κ2) is 9.65. The highest BCUT2D eigenvalue weighted by Gasteiger charge is 2.32. The number of rotatable bonds is 4. The van der Waals surface area contributed by atoms with E-state index >= 15 is 0 Å². The van der Waals surface area contributed by atoms with Crippen LogP contribution in [0.5, 0.6) is 0 Å². The molecule has 0 bridgehead atoms. The van der Waals surface area contributed by atoms with Gasteiger partial charge in [0.2, 0.25) is 5.91 Å². The first-order valence-corrected chi connectivity index (χ1v) is 11.7. The van der Waals surface area contributed by atoms with Gasteiger partial charge in [-0.15, -0.1) is 10.2 Å². The summed E-state index contributed by atoms with van der Waals surface area (Å²) in [5, 5.41) is 11.5. The SMILES string of the molecule is CC(C)(C)OC(=O)N1CCC(c2ccc(N(C(=O)C3CNC3)c3ccc(Cl)nn3)cc2)CC1. The van der Waals surface area contributed by atoms with E-state index in [2.05, 4.69) is 27.6 Å². The molecule has 2 aliphatic heterocycles. The van der Waals surface area contributed by atoms with Crippen molar-refractivity contribution in [1.29, 1.82) is 0 Å². The Morgan fingerprint density at radius 1 is 1.06 bits per heavy atom. The molecule has 2 aliphatic rings. The van der Waals surface area contributed by atoms with Gasteiger partial charge in [0.05, 0.1) is 11.6 Å². The summed E-state index contributed by atoms with van der Waals surface area (Å²) in [5.74, 6) is 0.714. The van der Waals surface area contributed by atoms with Gasteiger partial charge in [-0.1, -0.05) is 23.7 Å². The summed E-state index contributed by atoms with van der Waals surface area (Å²) >= 11 is 5.89. The molecule has 176 valence electrons. The second-order valence-corrected chi connectivity index (χ2v) is 9.96. The molecule has 1 aromatic heterocycles. The third kappa shape index (κ3) is 5.62. The maximum atomic E-state index is 13.1. The molecule has 1 aromatic carbocycles. The Kier molecular flexibility index (Phi) is 6.86. The van der Waals surface area contributed by atoms with Crippen molar-refractivity contribution in [2.45, 2.75) is 45.1 Å². The van der Waals surface area contributed by atoms with Crippen molar-refractivity contribution in [2.24, 2.45) is 5.92 Å². The summed E-state index contributed by atoms with van der Waals surface area (Å²) in [5.41, 5.74) is 1.46. The molecule has 9 heteroatoms. The molecule has 4 rings (SSSR count). The van der Waals surface area contributed by atoms with Crippen LogP contribution in [-0.4, -0.2) is 58.9 Å². The van der Waals surface area contributed by atoms with Crippen molar-refractivity contribution in [3.8, 4) is 0 Å². The van der Waals surface area contributed by atoms with Gasteiger partial charge in [-0.3, -0.25) is 9.69 Å². The summed E-state index contributed by atoms with van der Waals surface area (Å²) in [6.45, 7) is 8.29. The normalized spacial score (nSPS) is 17.4.